The number of Topliss-reactive ketones (excluding diaryl/α,β-unsaturated/α-hetero) is 1. The minimum absolute atomic E-state index is 0.0150. The van der Waals surface area contributed by atoms with Crippen LogP contribution in [0.15, 0.2) is 12.2 Å². The second kappa shape index (κ2) is 5.55. The normalized spacial score (nSPS) is 17.4. The molecule has 0 aromatic heterocycles. The molecule has 0 aromatic rings. The van der Waals surface area contributed by atoms with Crippen molar-refractivity contribution in [1.82, 2.24) is 4.90 Å². The van der Waals surface area contributed by atoms with Gasteiger partial charge < -0.3 is 9.64 Å². The Balaban J connectivity index is 2.47. The first-order valence-electron chi connectivity index (χ1n) is 6.38. The van der Waals surface area contributed by atoms with Gasteiger partial charge in [0.2, 0.25) is 0 Å². The Bertz CT molecular complexity index is 347. The topological polar surface area (TPSA) is 46.6 Å². The quantitative estimate of drug-likeness (QED) is 0.711. The molecule has 18 heavy (non-hydrogen) atoms. The Kier molecular flexibility index (Phi) is 4.54. The molecule has 102 valence electrons. The van der Waals surface area contributed by atoms with Crippen molar-refractivity contribution in [1.29, 1.82) is 0 Å². The van der Waals surface area contributed by atoms with Gasteiger partial charge in [-0.1, -0.05) is 6.58 Å². The van der Waals surface area contributed by atoms with Crippen LogP contribution in [-0.4, -0.2) is 35.5 Å². The van der Waals surface area contributed by atoms with Crippen molar-refractivity contribution in [2.75, 3.05) is 13.1 Å². The maximum absolute atomic E-state index is 11.8. The largest absolute Gasteiger partial charge is 0.444 e. The Morgan fingerprint density at radius 1 is 1.22 bits per heavy atom. The molecule has 1 amide bonds. The van der Waals surface area contributed by atoms with Crippen LogP contribution in [-0.2, 0) is 9.53 Å². The molecule has 0 N–H and O–H groups in total. The molecule has 0 aliphatic carbocycles. The molecule has 4 heteroatoms. The third-order valence-electron chi connectivity index (χ3n) is 2.94. The van der Waals surface area contributed by atoms with E-state index < -0.39 is 5.60 Å². The van der Waals surface area contributed by atoms with Gasteiger partial charge in [0.15, 0.2) is 5.78 Å². The van der Waals surface area contributed by atoms with Crippen LogP contribution in [0.1, 0.15) is 40.5 Å². The summed E-state index contributed by atoms with van der Waals surface area (Å²) in [5.74, 6) is 0.139. The number of carbonyl (C=O) groups is 2. The predicted molar refractivity (Wildman–Crippen MR) is 70.4 cm³/mol. The van der Waals surface area contributed by atoms with Crippen LogP contribution >= 0.6 is 0 Å². The molecule has 0 bridgehead atoms. The smallest absolute Gasteiger partial charge is 0.410 e. The highest BCUT2D eigenvalue weighted by molar-refractivity contribution is 5.96. The van der Waals surface area contributed by atoms with Gasteiger partial charge in [-0.15, -0.1) is 0 Å². The first kappa shape index (κ1) is 14.7. The number of carbonyl (C=O) groups excluding carboxylic acids is 2. The van der Waals surface area contributed by atoms with Crippen molar-refractivity contribution in [3.05, 3.63) is 12.2 Å². The van der Waals surface area contributed by atoms with Gasteiger partial charge in [0.05, 0.1) is 0 Å². The lowest BCUT2D eigenvalue weighted by Crippen LogP contribution is -2.43. The first-order valence-corrected chi connectivity index (χ1v) is 6.38. The Labute approximate surface area is 109 Å². The monoisotopic (exact) mass is 253 g/mol. The van der Waals surface area contributed by atoms with Gasteiger partial charge >= 0.3 is 6.09 Å². The van der Waals surface area contributed by atoms with Gasteiger partial charge in [0, 0.05) is 19.0 Å². The summed E-state index contributed by atoms with van der Waals surface area (Å²) < 4.78 is 5.30. The number of likely N-dealkylation sites (tertiary alicyclic amines) is 1. The van der Waals surface area contributed by atoms with E-state index in [-0.39, 0.29) is 17.8 Å². The lowest BCUT2D eigenvalue weighted by Gasteiger charge is -2.32. The number of nitrogens with zero attached hydrogens (tertiary/aromatic N) is 1. The van der Waals surface area contributed by atoms with E-state index in [1.807, 2.05) is 20.8 Å². The van der Waals surface area contributed by atoms with Gasteiger partial charge in [-0.25, -0.2) is 4.79 Å². The van der Waals surface area contributed by atoms with E-state index in [1.165, 1.54) is 0 Å². The average molecular weight is 253 g/mol. The van der Waals surface area contributed by atoms with E-state index >= 15 is 0 Å². The summed E-state index contributed by atoms with van der Waals surface area (Å²) in [5, 5.41) is 0. The van der Waals surface area contributed by atoms with Crippen molar-refractivity contribution >= 4 is 11.9 Å². The summed E-state index contributed by atoms with van der Waals surface area (Å²) in [6.07, 6.45) is 1.11. The zero-order valence-corrected chi connectivity index (χ0v) is 11.8. The summed E-state index contributed by atoms with van der Waals surface area (Å²) in [4.78, 5) is 25.3. The zero-order valence-electron chi connectivity index (χ0n) is 11.8. The van der Waals surface area contributed by atoms with E-state index in [4.69, 9.17) is 4.74 Å². The van der Waals surface area contributed by atoms with Crippen LogP contribution in [0.3, 0.4) is 0 Å². The Morgan fingerprint density at radius 3 is 2.11 bits per heavy atom. The van der Waals surface area contributed by atoms with Crippen LogP contribution in [0.4, 0.5) is 4.79 Å². The molecule has 0 atom stereocenters. The summed E-state index contributed by atoms with van der Waals surface area (Å²) in [5.41, 5.74) is 0.132. The Hall–Kier alpha value is -1.32. The first-order chi connectivity index (χ1) is 8.20. The zero-order chi connectivity index (χ0) is 13.9. The maximum atomic E-state index is 11.8. The summed E-state index contributed by atoms with van der Waals surface area (Å²) in [6.45, 7) is 12.1. The minimum atomic E-state index is -0.471. The molecule has 1 aliphatic rings. The van der Waals surface area contributed by atoms with Crippen molar-refractivity contribution in [2.45, 2.75) is 46.1 Å². The number of ether oxygens (including phenoxy) is 1. The van der Waals surface area contributed by atoms with Crippen LogP contribution < -0.4 is 0 Å². The van der Waals surface area contributed by atoms with E-state index in [0.29, 0.717) is 31.5 Å². The van der Waals surface area contributed by atoms with Gasteiger partial charge in [-0.05, 0) is 46.1 Å². The molecule has 4 nitrogen and oxygen atoms in total. The van der Waals surface area contributed by atoms with E-state index in [1.54, 1.807) is 11.8 Å². The molecular weight excluding hydrogens is 230 g/mol. The third-order valence-corrected chi connectivity index (χ3v) is 2.94. The van der Waals surface area contributed by atoms with E-state index in [9.17, 15) is 9.59 Å². The van der Waals surface area contributed by atoms with Crippen LogP contribution in [0, 0.1) is 5.92 Å². The minimum Gasteiger partial charge on any atom is -0.444 e. The highest BCUT2D eigenvalue weighted by Crippen LogP contribution is 2.22. The van der Waals surface area contributed by atoms with Crippen molar-refractivity contribution < 1.29 is 14.3 Å². The maximum Gasteiger partial charge on any atom is 0.410 e. The van der Waals surface area contributed by atoms with Gasteiger partial charge in [0.1, 0.15) is 5.60 Å². The van der Waals surface area contributed by atoms with E-state index in [0.717, 1.165) is 0 Å². The molecular formula is C14H23NO3. The number of ketones is 1. The highest BCUT2D eigenvalue weighted by Gasteiger charge is 2.29. The summed E-state index contributed by atoms with van der Waals surface area (Å²) in [7, 11) is 0. The average Bonchev–Trinajstić information content (AvgIpc) is 2.26. The van der Waals surface area contributed by atoms with Crippen LogP contribution in [0.5, 0.6) is 0 Å². The number of piperidine rings is 1. The molecule has 1 aliphatic heterocycles. The number of allylic oxidation sites excluding steroid dienone is 1. The molecule has 1 heterocycles. The lowest BCUT2D eigenvalue weighted by molar-refractivity contribution is -0.120. The predicted octanol–water partition coefficient (Wildman–Crippen LogP) is 2.78. The molecule has 0 aromatic carbocycles. The van der Waals surface area contributed by atoms with Gasteiger partial charge in [-0.3, -0.25) is 4.79 Å². The van der Waals surface area contributed by atoms with Crippen molar-refractivity contribution in [2.24, 2.45) is 5.92 Å². The second-order valence-electron chi connectivity index (χ2n) is 5.89. The SMILES string of the molecule is C=C(C)C(=O)C1CCN(C(=O)OC(C)(C)C)CC1. The fourth-order valence-electron chi connectivity index (χ4n) is 2.00. The Morgan fingerprint density at radius 2 is 1.72 bits per heavy atom. The number of hydrogen-bond acceptors (Lipinski definition) is 3. The summed E-state index contributed by atoms with van der Waals surface area (Å²) >= 11 is 0. The molecule has 0 spiro atoms. The molecule has 0 unspecified atom stereocenters. The van der Waals surface area contributed by atoms with Crippen LogP contribution in [0.25, 0.3) is 0 Å². The molecule has 0 saturated carbocycles. The summed E-state index contributed by atoms with van der Waals surface area (Å²) in [6, 6.07) is 0. The molecule has 1 fully saturated rings. The highest BCUT2D eigenvalue weighted by atomic mass is 16.6. The third kappa shape index (κ3) is 4.17. The molecule has 1 saturated heterocycles. The molecule has 0 radical (unpaired) electrons. The van der Waals surface area contributed by atoms with E-state index in [2.05, 4.69) is 6.58 Å². The number of hydrogen-bond donors (Lipinski definition) is 0. The van der Waals surface area contributed by atoms with Crippen molar-refractivity contribution in [3.63, 3.8) is 0 Å². The second-order valence-corrected chi connectivity index (χ2v) is 5.89. The number of rotatable bonds is 2. The lowest BCUT2D eigenvalue weighted by atomic mass is 9.90. The standard InChI is InChI=1S/C14H23NO3/c1-10(2)12(16)11-6-8-15(9-7-11)13(17)18-14(3,4)5/h11H,1,6-9H2,2-5H3. The fraction of sp³-hybridized carbons (Fsp3) is 0.714. The van der Waals surface area contributed by atoms with Gasteiger partial charge in [-0.2, -0.15) is 0 Å². The molecule has 1 rings (SSSR count). The van der Waals surface area contributed by atoms with Crippen molar-refractivity contribution in [3.8, 4) is 0 Å². The fourth-order valence-corrected chi connectivity index (χ4v) is 2.00. The van der Waals surface area contributed by atoms with Gasteiger partial charge in [0.25, 0.3) is 0 Å². The van der Waals surface area contributed by atoms with Crippen LogP contribution in [0.2, 0.25) is 0 Å². The number of amides is 1.